The Bertz CT molecular complexity index is 3470. The first-order valence-electron chi connectivity index (χ1n) is 21.8. The van der Waals surface area contributed by atoms with Crippen LogP contribution in [0.5, 0.6) is 0 Å². The molecule has 1 aromatic heterocycles. The molecule has 2 heteroatoms. The summed E-state index contributed by atoms with van der Waals surface area (Å²) in [7, 11) is 0. The van der Waals surface area contributed by atoms with Gasteiger partial charge in [-0.2, -0.15) is 0 Å². The van der Waals surface area contributed by atoms with Crippen molar-refractivity contribution < 1.29 is 0 Å². The fourth-order valence-corrected chi connectivity index (χ4v) is 12.1. The van der Waals surface area contributed by atoms with Gasteiger partial charge in [-0.05, 0) is 115 Å². The summed E-state index contributed by atoms with van der Waals surface area (Å²) in [5, 5.41) is 2.65. The lowest BCUT2D eigenvalue weighted by Crippen LogP contribution is -2.29. The van der Waals surface area contributed by atoms with Crippen molar-refractivity contribution in [2.24, 2.45) is 0 Å². The van der Waals surface area contributed by atoms with Crippen molar-refractivity contribution in [3.8, 4) is 55.6 Å². The van der Waals surface area contributed by atoms with Gasteiger partial charge in [0.15, 0.2) is 0 Å². The van der Waals surface area contributed by atoms with Crippen LogP contribution in [0.2, 0.25) is 0 Å². The van der Waals surface area contributed by atoms with Crippen molar-refractivity contribution in [2.45, 2.75) is 5.41 Å². The van der Waals surface area contributed by atoms with Crippen LogP contribution >= 0.6 is 11.3 Å². The van der Waals surface area contributed by atoms with Gasteiger partial charge in [0.25, 0.3) is 0 Å². The van der Waals surface area contributed by atoms with Gasteiger partial charge in [0.1, 0.15) is 0 Å². The van der Waals surface area contributed by atoms with Crippen LogP contribution in [0, 0.1) is 0 Å². The summed E-state index contributed by atoms with van der Waals surface area (Å²) in [5.74, 6) is 0. The highest BCUT2D eigenvalue weighted by Crippen LogP contribution is 2.64. The van der Waals surface area contributed by atoms with Crippen LogP contribution in [0.15, 0.2) is 237 Å². The molecule has 10 aromatic carbocycles. The van der Waals surface area contributed by atoms with E-state index in [1.165, 1.54) is 98.1 Å². The number of benzene rings is 10. The van der Waals surface area contributed by atoms with E-state index in [0.717, 1.165) is 17.1 Å². The van der Waals surface area contributed by atoms with Crippen molar-refractivity contribution in [1.82, 2.24) is 0 Å². The monoisotopic (exact) mass is 817 g/mol. The summed E-state index contributed by atoms with van der Waals surface area (Å²) < 4.78 is 2.68. The van der Waals surface area contributed by atoms with E-state index in [2.05, 4.69) is 241 Å². The number of nitrogens with zero attached hydrogens (tertiary/aromatic N) is 1. The maximum Gasteiger partial charge on any atom is 0.0726 e. The quantitative estimate of drug-likeness (QED) is 0.167. The Hall–Kier alpha value is -7.78. The topological polar surface area (TPSA) is 3.24 Å². The second-order valence-electron chi connectivity index (χ2n) is 16.7. The Labute approximate surface area is 371 Å². The Morgan fingerprint density at radius 2 is 0.778 bits per heavy atom. The molecule has 2 aliphatic carbocycles. The van der Waals surface area contributed by atoms with Crippen LogP contribution in [0.25, 0.3) is 75.8 Å². The minimum atomic E-state index is -0.614. The first kappa shape index (κ1) is 35.9. The fraction of sp³-hybridized carbons (Fsp3) is 0.0164. The molecule has 0 fully saturated rings. The third kappa shape index (κ3) is 5.35. The molecule has 13 rings (SSSR count). The molecular formula is C61H39NS. The predicted molar refractivity (Wildman–Crippen MR) is 267 cm³/mol. The molecule has 0 N–H and O–H groups in total. The van der Waals surface area contributed by atoms with Gasteiger partial charge in [-0.3, -0.25) is 0 Å². The normalized spacial score (nSPS) is 14.4. The molecule has 1 atom stereocenters. The predicted octanol–water partition coefficient (Wildman–Crippen LogP) is 16.9. The van der Waals surface area contributed by atoms with Gasteiger partial charge >= 0.3 is 0 Å². The molecular weight excluding hydrogens is 779 g/mol. The van der Waals surface area contributed by atoms with E-state index in [9.17, 15) is 0 Å². The van der Waals surface area contributed by atoms with E-state index >= 15 is 0 Å². The van der Waals surface area contributed by atoms with E-state index in [-0.39, 0.29) is 0 Å². The van der Waals surface area contributed by atoms with Gasteiger partial charge in [-0.1, -0.05) is 194 Å². The van der Waals surface area contributed by atoms with Crippen LogP contribution in [0.1, 0.15) is 22.3 Å². The smallest absolute Gasteiger partial charge is 0.0726 e. The standard InChI is InChI=1S/C61H39NS/c1-3-15-40(16-4-1)42-27-31-44(32-28-42)62(45-33-29-43(30-34-45)41-17-5-2-6-18-41)46-35-36-50-48-20-8-7-19-47(48)49-21-9-12-24-54(49)61(57(50)39-46)55-25-13-10-23-53(55)59-56(61)38-37-52-51-22-11-14-26-58(51)63-60(52)59/h1-39H. The zero-order valence-corrected chi connectivity index (χ0v) is 35.2. The highest BCUT2D eigenvalue weighted by molar-refractivity contribution is 7.26. The fourth-order valence-electron chi connectivity index (χ4n) is 10.8. The minimum Gasteiger partial charge on any atom is -0.310 e. The number of hydrogen-bond acceptors (Lipinski definition) is 2. The summed E-state index contributed by atoms with van der Waals surface area (Å²) in [4.78, 5) is 2.44. The van der Waals surface area contributed by atoms with Crippen LogP contribution in [-0.4, -0.2) is 0 Å². The lowest BCUT2D eigenvalue weighted by atomic mass is 9.65. The Morgan fingerprint density at radius 1 is 0.302 bits per heavy atom. The first-order valence-corrected chi connectivity index (χ1v) is 22.6. The van der Waals surface area contributed by atoms with Gasteiger partial charge in [-0.15, -0.1) is 11.3 Å². The van der Waals surface area contributed by atoms with Gasteiger partial charge in [0.05, 0.1) is 5.41 Å². The first-order chi connectivity index (χ1) is 31.3. The number of rotatable bonds is 5. The zero-order chi connectivity index (χ0) is 41.5. The third-order valence-corrected chi connectivity index (χ3v) is 14.7. The second-order valence-corrected chi connectivity index (χ2v) is 17.8. The van der Waals surface area contributed by atoms with E-state index in [1.807, 2.05) is 11.3 Å². The molecule has 0 saturated carbocycles. The SMILES string of the molecule is c1ccc(-c2ccc(N(c3ccc(-c4ccccc4)cc3)c3ccc4c(c3)C3(c5ccccc5-c5ccccc5-4)c4ccccc4-c4c3ccc3c4sc4ccccc43)cc2)cc1. The maximum absolute atomic E-state index is 2.52. The summed E-state index contributed by atoms with van der Waals surface area (Å²) in [6.45, 7) is 0. The third-order valence-electron chi connectivity index (χ3n) is 13.5. The largest absolute Gasteiger partial charge is 0.310 e. The molecule has 1 nitrogen and oxygen atoms in total. The summed E-state index contributed by atoms with van der Waals surface area (Å²) in [6.07, 6.45) is 0. The van der Waals surface area contributed by atoms with E-state index in [0.29, 0.717) is 0 Å². The molecule has 1 heterocycles. The molecule has 0 bridgehead atoms. The highest BCUT2D eigenvalue weighted by Gasteiger charge is 2.50. The van der Waals surface area contributed by atoms with Crippen LogP contribution in [0.4, 0.5) is 17.1 Å². The van der Waals surface area contributed by atoms with Gasteiger partial charge in [0.2, 0.25) is 0 Å². The summed E-state index contributed by atoms with van der Waals surface area (Å²) >= 11 is 1.93. The van der Waals surface area contributed by atoms with Crippen molar-refractivity contribution in [2.75, 3.05) is 4.90 Å². The van der Waals surface area contributed by atoms with Gasteiger partial charge in [0, 0.05) is 42.8 Å². The molecule has 0 aliphatic heterocycles. The Kier molecular flexibility index (Phi) is 8.06. The Balaban J connectivity index is 1.11. The summed E-state index contributed by atoms with van der Waals surface area (Å²) in [5.41, 5.74) is 20.5. The molecule has 1 unspecified atom stereocenters. The molecule has 0 saturated heterocycles. The molecule has 294 valence electrons. The molecule has 1 spiro atoms. The molecule has 11 aromatic rings. The van der Waals surface area contributed by atoms with Gasteiger partial charge < -0.3 is 4.90 Å². The number of anilines is 3. The zero-order valence-electron chi connectivity index (χ0n) is 34.4. The minimum absolute atomic E-state index is 0.614. The maximum atomic E-state index is 2.52. The lowest BCUT2D eigenvalue weighted by Gasteiger charge is -2.36. The number of thiophene rings is 1. The number of hydrogen-bond donors (Lipinski definition) is 0. The molecule has 0 amide bonds. The van der Waals surface area contributed by atoms with Crippen molar-refractivity contribution >= 4 is 48.6 Å². The molecule has 0 radical (unpaired) electrons. The average Bonchev–Trinajstić information content (AvgIpc) is 3.86. The van der Waals surface area contributed by atoms with Crippen molar-refractivity contribution in [3.05, 3.63) is 259 Å². The van der Waals surface area contributed by atoms with Gasteiger partial charge in [-0.25, -0.2) is 0 Å². The van der Waals surface area contributed by atoms with E-state index < -0.39 is 5.41 Å². The van der Waals surface area contributed by atoms with E-state index in [1.54, 1.807) is 0 Å². The van der Waals surface area contributed by atoms with Crippen molar-refractivity contribution in [3.63, 3.8) is 0 Å². The molecule has 2 aliphatic rings. The summed E-state index contributed by atoms with van der Waals surface area (Å²) in [6, 6.07) is 87.9. The highest BCUT2D eigenvalue weighted by atomic mass is 32.1. The lowest BCUT2D eigenvalue weighted by molar-refractivity contribution is 0.776. The Morgan fingerprint density at radius 3 is 1.41 bits per heavy atom. The van der Waals surface area contributed by atoms with E-state index in [4.69, 9.17) is 0 Å². The van der Waals surface area contributed by atoms with Crippen molar-refractivity contribution in [1.29, 1.82) is 0 Å². The number of fused-ring (bicyclic) bond motifs is 16. The second kappa shape index (κ2) is 14.1. The van der Waals surface area contributed by atoms with Crippen LogP contribution in [-0.2, 0) is 5.41 Å². The average molecular weight is 818 g/mol. The van der Waals surface area contributed by atoms with Crippen LogP contribution < -0.4 is 4.90 Å². The van der Waals surface area contributed by atoms with Crippen LogP contribution in [0.3, 0.4) is 0 Å². The molecule has 63 heavy (non-hydrogen) atoms.